The molecule has 0 unspecified atom stereocenters. The molecule has 3 N–H and O–H groups in total. The second-order valence-corrected chi connectivity index (χ2v) is 8.55. The number of benzene rings is 1. The number of rotatable bonds is 3. The molecule has 1 aromatic carbocycles. The van der Waals surface area contributed by atoms with E-state index in [0.29, 0.717) is 47.3 Å². The average Bonchev–Trinajstić information content (AvgIpc) is 3.10. The van der Waals surface area contributed by atoms with Crippen molar-refractivity contribution < 1.29 is 23.6 Å². The highest BCUT2D eigenvalue weighted by Crippen LogP contribution is 2.26. The minimum Gasteiger partial charge on any atom is -0.491 e. The van der Waals surface area contributed by atoms with Crippen molar-refractivity contribution >= 4 is 23.3 Å². The summed E-state index contributed by atoms with van der Waals surface area (Å²) in [5.41, 5.74) is 2.02. The van der Waals surface area contributed by atoms with Gasteiger partial charge in [-0.15, -0.1) is 0 Å². The van der Waals surface area contributed by atoms with Gasteiger partial charge in [0.1, 0.15) is 23.7 Å². The first kappa shape index (κ1) is 24.5. The van der Waals surface area contributed by atoms with Crippen LogP contribution in [0.15, 0.2) is 22.7 Å². The van der Waals surface area contributed by atoms with Crippen molar-refractivity contribution in [2.24, 2.45) is 5.92 Å². The van der Waals surface area contributed by atoms with E-state index in [9.17, 15) is 9.59 Å². The van der Waals surface area contributed by atoms with Gasteiger partial charge in [0.05, 0.1) is 11.7 Å². The van der Waals surface area contributed by atoms with Crippen LogP contribution in [-0.4, -0.2) is 68.0 Å². The number of aryl methyl sites for hydroxylation is 2. The maximum Gasteiger partial charge on any atom is 0.323 e. The summed E-state index contributed by atoms with van der Waals surface area (Å²) in [7, 11) is 3.41. The molecule has 3 atom stereocenters. The Labute approximate surface area is 194 Å². The van der Waals surface area contributed by atoms with E-state index in [-0.39, 0.29) is 24.0 Å². The molecule has 0 saturated heterocycles. The normalized spacial score (nSPS) is 21.9. The van der Waals surface area contributed by atoms with Crippen molar-refractivity contribution in [2.45, 2.75) is 39.8 Å². The molecule has 0 aliphatic carbocycles. The van der Waals surface area contributed by atoms with E-state index < -0.39 is 6.03 Å². The molecule has 180 valence electrons. The Morgan fingerprint density at radius 3 is 2.70 bits per heavy atom. The van der Waals surface area contributed by atoms with Gasteiger partial charge in [0.2, 0.25) is 0 Å². The first-order valence-corrected chi connectivity index (χ1v) is 11.0. The predicted octanol–water partition coefficient (Wildman–Crippen LogP) is 3.03. The molecule has 1 aliphatic rings. The minimum atomic E-state index is -0.451. The molecule has 1 aromatic heterocycles. The average molecular weight is 460 g/mol. The number of likely N-dealkylation sites (N-methyl/N-ethyl adjacent to an activating group) is 1. The molecule has 10 heteroatoms. The molecule has 2 heterocycles. The van der Waals surface area contributed by atoms with Gasteiger partial charge in [-0.3, -0.25) is 4.79 Å². The van der Waals surface area contributed by atoms with Crippen LogP contribution < -0.4 is 20.7 Å². The Hall–Kier alpha value is -3.11. The van der Waals surface area contributed by atoms with Gasteiger partial charge in [0.15, 0.2) is 5.76 Å². The second-order valence-electron chi connectivity index (χ2n) is 8.55. The fourth-order valence-electron chi connectivity index (χ4n) is 3.67. The third-order valence-corrected chi connectivity index (χ3v) is 5.76. The number of nitrogens with one attached hydrogen (secondary N) is 3. The maximum absolute atomic E-state index is 13.2. The highest BCUT2D eigenvalue weighted by Gasteiger charge is 2.25. The van der Waals surface area contributed by atoms with Crippen LogP contribution in [0.3, 0.4) is 0 Å². The first-order valence-electron chi connectivity index (χ1n) is 11.0. The highest BCUT2D eigenvalue weighted by molar-refractivity contribution is 6.02. The lowest BCUT2D eigenvalue weighted by molar-refractivity contribution is 0.0281. The van der Waals surface area contributed by atoms with Gasteiger partial charge in [0.25, 0.3) is 5.91 Å². The van der Waals surface area contributed by atoms with Gasteiger partial charge in [-0.25, -0.2) is 4.79 Å². The molecule has 0 radical (unpaired) electrons. The molecule has 0 saturated carbocycles. The Bertz CT molecular complexity index is 972. The lowest BCUT2D eigenvalue weighted by atomic mass is 10.0. The summed E-state index contributed by atoms with van der Waals surface area (Å²) in [5, 5.41) is 12.8. The number of carbonyl (C=O) groups is 2. The van der Waals surface area contributed by atoms with Crippen molar-refractivity contribution in [1.82, 2.24) is 15.4 Å². The summed E-state index contributed by atoms with van der Waals surface area (Å²) < 4.78 is 16.7. The molecule has 10 nitrogen and oxygen atoms in total. The summed E-state index contributed by atoms with van der Waals surface area (Å²) >= 11 is 0. The standard InChI is InChI=1S/C23H33N5O5/c1-13-10-24-14(2)12-32-19-9-17(25-23(30)26-21-15(3)27-33-16(21)4)7-8-18(19)22(29)28(5)11-20(13)31-6/h7-9,13-14,20,24H,10-12H2,1-6H3,(H2,25,26,30)/t13-,14-,20-/m1/s1. The first-order chi connectivity index (χ1) is 15.7. The smallest absolute Gasteiger partial charge is 0.323 e. The van der Waals surface area contributed by atoms with Crippen LogP contribution in [0.5, 0.6) is 5.75 Å². The Morgan fingerprint density at radius 1 is 1.27 bits per heavy atom. The van der Waals surface area contributed by atoms with Gasteiger partial charge in [-0.2, -0.15) is 0 Å². The summed E-state index contributed by atoms with van der Waals surface area (Å²) in [5.74, 6) is 0.960. The van der Waals surface area contributed by atoms with Crippen molar-refractivity contribution in [3.05, 3.63) is 35.2 Å². The zero-order chi connectivity index (χ0) is 24.1. The van der Waals surface area contributed by atoms with E-state index >= 15 is 0 Å². The fraction of sp³-hybridized carbons (Fsp3) is 0.522. The molecule has 33 heavy (non-hydrogen) atoms. The van der Waals surface area contributed by atoms with Crippen molar-refractivity contribution in [2.75, 3.05) is 44.5 Å². The lowest BCUT2D eigenvalue weighted by Crippen LogP contribution is -2.44. The van der Waals surface area contributed by atoms with E-state index in [2.05, 4.69) is 28.0 Å². The number of amides is 3. The van der Waals surface area contributed by atoms with E-state index in [0.717, 1.165) is 6.54 Å². The van der Waals surface area contributed by atoms with E-state index in [1.807, 2.05) is 6.92 Å². The van der Waals surface area contributed by atoms with E-state index in [1.54, 1.807) is 51.1 Å². The minimum absolute atomic E-state index is 0.0597. The number of anilines is 2. The zero-order valence-corrected chi connectivity index (χ0v) is 20.0. The number of fused-ring (bicyclic) bond motifs is 1. The molecule has 0 fully saturated rings. The summed E-state index contributed by atoms with van der Waals surface area (Å²) in [6.07, 6.45) is -0.101. The van der Waals surface area contributed by atoms with Gasteiger partial charge in [0, 0.05) is 45.0 Å². The molecule has 3 rings (SSSR count). The third-order valence-electron chi connectivity index (χ3n) is 5.76. The zero-order valence-electron chi connectivity index (χ0n) is 20.0. The monoisotopic (exact) mass is 459 g/mol. The largest absolute Gasteiger partial charge is 0.491 e. The lowest BCUT2D eigenvalue weighted by Gasteiger charge is -2.30. The van der Waals surface area contributed by atoms with E-state index in [1.165, 1.54) is 0 Å². The Balaban J connectivity index is 1.82. The van der Waals surface area contributed by atoms with Gasteiger partial charge in [-0.1, -0.05) is 12.1 Å². The number of hydrogen-bond acceptors (Lipinski definition) is 7. The number of hydrogen-bond donors (Lipinski definition) is 3. The van der Waals surface area contributed by atoms with Gasteiger partial charge >= 0.3 is 6.03 Å². The third kappa shape index (κ3) is 6.02. The summed E-state index contributed by atoms with van der Waals surface area (Å²) in [6, 6.07) is 4.60. The van der Waals surface area contributed by atoms with Crippen molar-refractivity contribution in [1.29, 1.82) is 0 Å². The number of aromatic nitrogens is 1. The summed E-state index contributed by atoms with van der Waals surface area (Å²) in [4.78, 5) is 27.3. The van der Waals surface area contributed by atoms with Crippen LogP contribution in [0.2, 0.25) is 0 Å². The number of carbonyl (C=O) groups excluding carboxylic acids is 2. The molecular formula is C23H33N5O5. The van der Waals surface area contributed by atoms with E-state index in [4.69, 9.17) is 14.0 Å². The number of methoxy groups -OCH3 is 1. The van der Waals surface area contributed by atoms with Crippen molar-refractivity contribution in [3.8, 4) is 5.75 Å². The quantitative estimate of drug-likeness (QED) is 0.646. The highest BCUT2D eigenvalue weighted by atomic mass is 16.5. The van der Waals surface area contributed by atoms with Gasteiger partial charge < -0.3 is 34.8 Å². The van der Waals surface area contributed by atoms with Crippen molar-refractivity contribution in [3.63, 3.8) is 0 Å². The molecule has 3 amide bonds. The second kappa shape index (κ2) is 10.7. The van der Waals surface area contributed by atoms with Crippen LogP contribution in [0.4, 0.5) is 16.2 Å². The number of ether oxygens (including phenoxy) is 2. The SMILES string of the molecule is CO[C@@H]1CN(C)C(=O)c2ccc(NC(=O)Nc3c(C)noc3C)cc2OC[C@@H](C)NC[C@H]1C. The maximum atomic E-state index is 13.2. The molecule has 0 spiro atoms. The molecule has 2 aromatic rings. The molecule has 0 bridgehead atoms. The number of urea groups is 1. The Morgan fingerprint density at radius 2 is 2.03 bits per heavy atom. The Kier molecular flexibility index (Phi) is 7.93. The summed E-state index contributed by atoms with van der Waals surface area (Å²) in [6.45, 7) is 9.13. The van der Waals surface area contributed by atoms with Crippen LogP contribution in [0, 0.1) is 19.8 Å². The molecular weight excluding hydrogens is 426 g/mol. The van der Waals surface area contributed by atoms with Crippen LogP contribution in [-0.2, 0) is 4.74 Å². The number of nitrogens with zero attached hydrogens (tertiary/aromatic N) is 2. The molecule has 1 aliphatic heterocycles. The van der Waals surface area contributed by atoms with Gasteiger partial charge in [-0.05, 0) is 38.8 Å². The topological polar surface area (TPSA) is 118 Å². The fourth-order valence-corrected chi connectivity index (χ4v) is 3.67. The van der Waals surface area contributed by atoms with Crippen LogP contribution in [0.1, 0.15) is 35.7 Å². The van der Waals surface area contributed by atoms with Crippen LogP contribution in [0.25, 0.3) is 0 Å². The van der Waals surface area contributed by atoms with Crippen LogP contribution >= 0.6 is 0 Å². The predicted molar refractivity (Wildman–Crippen MR) is 125 cm³/mol.